The number of hydrogen-bond donors (Lipinski definition) is 1. The van der Waals surface area contributed by atoms with E-state index in [1.54, 1.807) is 0 Å². The molecule has 100 valence electrons. The molecule has 1 heterocycles. The van der Waals surface area contributed by atoms with E-state index in [1.807, 2.05) is 0 Å². The highest BCUT2D eigenvalue weighted by atomic mass is 16.2. The molecular weight excluding hydrogens is 212 g/mol. The number of amides is 1. The maximum Gasteiger partial charge on any atom is 0.222 e. The largest absolute Gasteiger partial charge is 0.341 e. The van der Waals surface area contributed by atoms with Crippen molar-refractivity contribution in [2.45, 2.75) is 47.1 Å². The van der Waals surface area contributed by atoms with E-state index in [9.17, 15) is 4.79 Å². The lowest BCUT2D eigenvalue weighted by Crippen LogP contribution is -2.44. The first-order valence-electron chi connectivity index (χ1n) is 6.96. The molecule has 0 aromatic carbocycles. The Hall–Kier alpha value is -0.570. The van der Waals surface area contributed by atoms with Crippen LogP contribution in [0.4, 0.5) is 0 Å². The minimum absolute atomic E-state index is 0.340. The second-order valence-corrected chi connectivity index (χ2v) is 5.92. The molecule has 0 aliphatic carbocycles. The Bertz CT molecular complexity index is 251. The van der Waals surface area contributed by atoms with Crippen LogP contribution in [0.25, 0.3) is 0 Å². The zero-order chi connectivity index (χ0) is 13.0. The van der Waals surface area contributed by atoms with E-state index in [0.717, 1.165) is 26.1 Å². The van der Waals surface area contributed by atoms with Gasteiger partial charge in [0.05, 0.1) is 0 Å². The van der Waals surface area contributed by atoms with Crippen molar-refractivity contribution in [3.8, 4) is 0 Å². The van der Waals surface area contributed by atoms with Gasteiger partial charge in [0.15, 0.2) is 0 Å². The van der Waals surface area contributed by atoms with Crippen LogP contribution in [0.1, 0.15) is 41.0 Å². The minimum Gasteiger partial charge on any atom is -0.341 e. The normalized spacial score (nSPS) is 22.9. The number of likely N-dealkylation sites (tertiary alicyclic amines) is 1. The van der Waals surface area contributed by atoms with Gasteiger partial charge >= 0.3 is 0 Å². The summed E-state index contributed by atoms with van der Waals surface area (Å²) in [7, 11) is 0. The van der Waals surface area contributed by atoms with E-state index < -0.39 is 0 Å². The highest BCUT2D eigenvalue weighted by Gasteiger charge is 2.32. The number of likely N-dealkylation sites (N-methyl/N-ethyl adjacent to an activating group) is 1. The summed E-state index contributed by atoms with van der Waals surface area (Å²) in [5, 5.41) is 3.48. The van der Waals surface area contributed by atoms with Gasteiger partial charge in [0.25, 0.3) is 0 Å². The first-order chi connectivity index (χ1) is 7.95. The van der Waals surface area contributed by atoms with Gasteiger partial charge in [-0.2, -0.15) is 0 Å². The van der Waals surface area contributed by atoms with E-state index in [1.165, 1.54) is 0 Å². The van der Waals surface area contributed by atoms with Crippen molar-refractivity contribution in [3.05, 3.63) is 0 Å². The van der Waals surface area contributed by atoms with Gasteiger partial charge in [-0.25, -0.2) is 0 Å². The zero-order valence-electron chi connectivity index (χ0n) is 12.0. The van der Waals surface area contributed by atoms with Crippen LogP contribution >= 0.6 is 0 Å². The lowest BCUT2D eigenvalue weighted by atomic mass is 9.95. The topological polar surface area (TPSA) is 32.3 Å². The van der Waals surface area contributed by atoms with E-state index in [-0.39, 0.29) is 0 Å². The predicted molar refractivity (Wildman–Crippen MR) is 71.8 cm³/mol. The molecule has 0 spiro atoms. The van der Waals surface area contributed by atoms with Gasteiger partial charge in [-0.3, -0.25) is 4.79 Å². The monoisotopic (exact) mass is 240 g/mol. The van der Waals surface area contributed by atoms with Crippen molar-refractivity contribution >= 4 is 5.91 Å². The van der Waals surface area contributed by atoms with Gasteiger partial charge in [0.1, 0.15) is 0 Å². The maximum absolute atomic E-state index is 11.9. The van der Waals surface area contributed by atoms with Crippen LogP contribution in [0.5, 0.6) is 0 Å². The van der Waals surface area contributed by atoms with Crippen molar-refractivity contribution in [2.24, 2.45) is 17.8 Å². The molecule has 17 heavy (non-hydrogen) atoms. The number of rotatable bonds is 6. The second-order valence-electron chi connectivity index (χ2n) is 5.92. The number of nitrogens with one attached hydrogen (secondary N) is 1. The molecule has 2 atom stereocenters. The summed E-state index contributed by atoms with van der Waals surface area (Å²) in [4.78, 5) is 14.0. The number of carbonyl (C=O) groups is 1. The fraction of sp³-hybridized carbons (Fsp3) is 0.929. The number of carbonyl (C=O) groups excluding carboxylic acids is 1. The summed E-state index contributed by atoms with van der Waals surface area (Å²) in [5.41, 5.74) is 0. The Morgan fingerprint density at radius 1 is 1.35 bits per heavy atom. The van der Waals surface area contributed by atoms with Crippen molar-refractivity contribution in [2.75, 3.05) is 19.6 Å². The molecule has 3 nitrogen and oxygen atoms in total. The Labute approximate surface area is 106 Å². The van der Waals surface area contributed by atoms with Crippen LogP contribution in [0, 0.1) is 17.8 Å². The molecule has 0 saturated carbocycles. The SMILES string of the molecule is CCNC(CN1CC(C(C)C)CC1=O)C(C)C. The van der Waals surface area contributed by atoms with E-state index in [2.05, 4.69) is 44.8 Å². The number of nitrogens with zero attached hydrogens (tertiary/aromatic N) is 1. The van der Waals surface area contributed by atoms with Crippen LogP contribution in [0.3, 0.4) is 0 Å². The number of hydrogen-bond acceptors (Lipinski definition) is 2. The maximum atomic E-state index is 11.9. The summed E-state index contributed by atoms with van der Waals surface area (Å²) in [5.74, 6) is 2.07. The molecule has 2 unspecified atom stereocenters. The lowest BCUT2D eigenvalue weighted by Gasteiger charge is -2.28. The minimum atomic E-state index is 0.340. The second kappa shape index (κ2) is 6.39. The van der Waals surface area contributed by atoms with E-state index in [4.69, 9.17) is 0 Å². The molecule has 0 radical (unpaired) electrons. The Kier molecular flexibility index (Phi) is 5.44. The average Bonchev–Trinajstić information content (AvgIpc) is 2.59. The van der Waals surface area contributed by atoms with Crippen LogP contribution in [0.2, 0.25) is 0 Å². The van der Waals surface area contributed by atoms with Crippen molar-refractivity contribution in [1.29, 1.82) is 0 Å². The molecule has 0 aromatic heterocycles. The molecule has 1 aliphatic heterocycles. The van der Waals surface area contributed by atoms with Crippen LogP contribution in [0.15, 0.2) is 0 Å². The fourth-order valence-corrected chi connectivity index (χ4v) is 2.44. The summed E-state index contributed by atoms with van der Waals surface area (Å²) in [6, 6.07) is 0.426. The van der Waals surface area contributed by atoms with E-state index >= 15 is 0 Å². The van der Waals surface area contributed by atoms with Gasteiger partial charge in [0.2, 0.25) is 5.91 Å². The van der Waals surface area contributed by atoms with Gasteiger partial charge < -0.3 is 10.2 Å². The summed E-state index contributed by atoms with van der Waals surface area (Å²) >= 11 is 0. The molecule has 1 aliphatic rings. The molecular formula is C14H28N2O. The molecule has 0 aromatic rings. The highest BCUT2D eigenvalue weighted by Crippen LogP contribution is 2.25. The van der Waals surface area contributed by atoms with Crippen molar-refractivity contribution < 1.29 is 4.79 Å². The standard InChI is InChI=1S/C14H28N2O/c1-6-15-13(11(4)5)9-16-8-12(10(2)3)7-14(16)17/h10-13,15H,6-9H2,1-5H3. The average molecular weight is 240 g/mol. The quantitative estimate of drug-likeness (QED) is 0.771. The Morgan fingerprint density at radius 2 is 2.00 bits per heavy atom. The van der Waals surface area contributed by atoms with Gasteiger partial charge in [0, 0.05) is 25.6 Å². The molecule has 1 amide bonds. The lowest BCUT2D eigenvalue weighted by molar-refractivity contribution is -0.128. The first-order valence-corrected chi connectivity index (χ1v) is 6.96. The first kappa shape index (κ1) is 14.5. The predicted octanol–water partition coefficient (Wildman–Crippen LogP) is 2.12. The molecule has 0 bridgehead atoms. The van der Waals surface area contributed by atoms with Crippen LogP contribution in [-0.2, 0) is 4.79 Å². The van der Waals surface area contributed by atoms with E-state index in [0.29, 0.717) is 29.7 Å². The van der Waals surface area contributed by atoms with Crippen LogP contribution < -0.4 is 5.32 Å². The van der Waals surface area contributed by atoms with Crippen molar-refractivity contribution in [3.63, 3.8) is 0 Å². The smallest absolute Gasteiger partial charge is 0.222 e. The molecule has 3 heteroatoms. The van der Waals surface area contributed by atoms with Gasteiger partial charge in [-0.15, -0.1) is 0 Å². The fourth-order valence-electron chi connectivity index (χ4n) is 2.44. The van der Waals surface area contributed by atoms with Gasteiger partial charge in [-0.1, -0.05) is 34.6 Å². The molecule has 1 rings (SSSR count). The van der Waals surface area contributed by atoms with Crippen LogP contribution in [-0.4, -0.2) is 36.5 Å². The summed E-state index contributed by atoms with van der Waals surface area (Å²) in [6.45, 7) is 13.8. The third-order valence-corrected chi connectivity index (χ3v) is 3.88. The third kappa shape index (κ3) is 3.98. The summed E-state index contributed by atoms with van der Waals surface area (Å²) < 4.78 is 0. The third-order valence-electron chi connectivity index (χ3n) is 3.88. The zero-order valence-corrected chi connectivity index (χ0v) is 12.0. The Morgan fingerprint density at radius 3 is 2.41 bits per heavy atom. The van der Waals surface area contributed by atoms with Gasteiger partial charge in [-0.05, 0) is 24.3 Å². The summed E-state index contributed by atoms with van der Waals surface area (Å²) in [6.07, 6.45) is 0.745. The Balaban J connectivity index is 2.53. The van der Waals surface area contributed by atoms with Crippen molar-refractivity contribution in [1.82, 2.24) is 10.2 Å². The molecule has 1 saturated heterocycles. The molecule has 1 fully saturated rings. The molecule has 1 N–H and O–H groups in total. The highest BCUT2D eigenvalue weighted by molar-refractivity contribution is 5.78.